The van der Waals surface area contributed by atoms with Gasteiger partial charge in [0.05, 0.1) is 4.92 Å². The zero-order valence-electron chi connectivity index (χ0n) is 14.6. The molecule has 0 spiro atoms. The van der Waals surface area contributed by atoms with Crippen molar-refractivity contribution in [1.29, 1.82) is 0 Å². The van der Waals surface area contributed by atoms with Crippen LogP contribution in [-0.2, 0) is 16.1 Å². The van der Waals surface area contributed by atoms with Crippen LogP contribution in [0.2, 0.25) is 5.02 Å². The van der Waals surface area contributed by atoms with Crippen molar-refractivity contribution >= 4 is 29.2 Å². The Morgan fingerprint density at radius 3 is 2.61 bits per heavy atom. The van der Waals surface area contributed by atoms with Crippen molar-refractivity contribution in [3.63, 3.8) is 0 Å². The van der Waals surface area contributed by atoms with E-state index in [-0.39, 0.29) is 23.2 Å². The lowest BCUT2D eigenvalue weighted by Gasteiger charge is -2.22. The van der Waals surface area contributed by atoms with E-state index in [1.54, 1.807) is 18.2 Å². The van der Waals surface area contributed by atoms with E-state index in [9.17, 15) is 24.1 Å². The lowest BCUT2D eigenvalue weighted by molar-refractivity contribution is -0.385. The number of carbonyl (C=O) groups is 2. The maximum atomic E-state index is 13.9. The Morgan fingerprint density at radius 2 is 1.96 bits per heavy atom. The minimum atomic E-state index is -1.02. The Kier molecular flexibility index (Phi) is 5.89. The summed E-state index contributed by atoms with van der Waals surface area (Å²) in [5.41, 5.74) is -0.441. The molecule has 0 radical (unpaired) electrons. The van der Waals surface area contributed by atoms with Crippen LogP contribution in [0, 0.1) is 15.9 Å². The molecular weight excluding hydrogens is 391 g/mol. The predicted molar refractivity (Wildman–Crippen MR) is 98.4 cm³/mol. The SMILES string of the molecule is O=C(OCC(=O)N(Cc1ccccc1F)C1CC1)c1cc(Cl)ccc1[N+](=O)[O-]. The molecular formula is C19H16ClFN2O5. The maximum Gasteiger partial charge on any atom is 0.345 e. The molecule has 1 aliphatic carbocycles. The molecule has 0 saturated heterocycles. The molecule has 1 amide bonds. The first kappa shape index (κ1) is 19.8. The molecule has 2 aromatic carbocycles. The van der Waals surface area contributed by atoms with E-state index in [0.29, 0.717) is 5.56 Å². The molecule has 0 aliphatic heterocycles. The molecule has 9 heteroatoms. The standard InChI is InChI=1S/C19H16ClFN2O5/c20-13-5-8-17(23(26)27)15(9-13)19(25)28-11-18(24)22(14-6-7-14)10-12-3-1-2-4-16(12)21/h1-5,8-9,14H,6-7,10-11H2. The van der Waals surface area contributed by atoms with Gasteiger partial charge < -0.3 is 9.64 Å². The van der Waals surface area contributed by atoms with Crippen LogP contribution >= 0.6 is 11.6 Å². The summed E-state index contributed by atoms with van der Waals surface area (Å²) >= 11 is 5.79. The normalized spacial score (nSPS) is 13.1. The Bertz CT molecular complexity index is 932. The Labute approximate surface area is 164 Å². The minimum Gasteiger partial charge on any atom is -0.452 e. The Balaban J connectivity index is 1.68. The van der Waals surface area contributed by atoms with Crippen molar-refractivity contribution in [3.05, 3.63) is 74.5 Å². The summed E-state index contributed by atoms with van der Waals surface area (Å²) in [4.78, 5) is 36.5. The number of rotatable bonds is 7. The first-order chi connectivity index (χ1) is 13.4. The summed E-state index contributed by atoms with van der Waals surface area (Å²) in [5, 5.41) is 11.2. The summed E-state index contributed by atoms with van der Waals surface area (Å²) in [6.07, 6.45) is 1.57. The van der Waals surface area contributed by atoms with Crippen LogP contribution < -0.4 is 0 Å². The fraction of sp³-hybridized carbons (Fsp3) is 0.263. The number of benzene rings is 2. The van der Waals surface area contributed by atoms with Crippen molar-refractivity contribution in [2.45, 2.75) is 25.4 Å². The molecule has 7 nitrogen and oxygen atoms in total. The van der Waals surface area contributed by atoms with Crippen LogP contribution in [0.4, 0.5) is 10.1 Å². The van der Waals surface area contributed by atoms with E-state index in [2.05, 4.69) is 0 Å². The fourth-order valence-corrected chi connectivity index (χ4v) is 2.91. The highest BCUT2D eigenvalue weighted by Crippen LogP contribution is 2.29. The van der Waals surface area contributed by atoms with E-state index >= 15 is 0 Å². The van der Waals surface area contributed by atoms with E-state index in [1.165, 1.54) is 17.0 Å². The van der Waals surface area contributed by atoms with Gasteiger partial charge >= 0.3 is 5.97 Å². The summed E-state index contributed by atoms with van der Waals surface area (Å²) in [6.45, 7) is -0.543. The number of hydrogen-bond acceptors (Lipinski definition) is 5. The van der Waals surface area contributed by atoms with Crippen molar-refractivity contribution in [2.75, 3.05) is 6.61 Å². The number of esters is 1. The van der Waals surface area contributed by atoms with Gasteiger partial charge in [0, 0.05) is 29.2 Å². The highest BCUT2D eigenvalue weighted by atomic mass is 35.5. The molecule has 3 rings (SSSR count). The smallest absolute Gasteiger partial charge is 0.345 e. The van der Waals surface area contributed by atoms with Gasteiger partial charge in [0.25, 0.3) is 11.6 Å². The van der Waals surface area contributed by atoms with E-state index in [4.69, 9.17) is 16.3 Å². The minimum absolute atomic E-state index is 0.0358. The number of nitrogens with zero attached hydrogens (tertiary/aromatic N) is 2. The molecule has 1 fully saturated rings. The van der Waals surface area contributed by atoms with Gasteiger partial charge in [0.1, 0.15) is 11.4 Å². The second kappa shape index (κ2) is 8.35. The molecule has 0 heterocycles. The number of nitro benzene ring substituents is 1. The van der Waals surface area contributed by atoms with Crippen LogP contribution in [-0.4, -0.2) is 34.3 Å². The Hall–Kier alpha value is -3.00. The van der Waals surface area contributed by atoms with Crippen LogP contribution in [0.5, 0.6) is 0 Å². The molecule has 1 saturated carbocycles. The molecule has 2 aromatic rings. The number of ether oxygens (including phenoxy) is 1. The second-order valence-corrected chi connectivity index (χ2v) is 6.78. The van der Waals surface area contributed by atoms with Crippen LogP contribution in [0.25, 0.3) is 0 Å². The number of amides is 1. The Morgan fingerprint density at radius 1 is 1.25 bits per heavy atom. The molecule has 0 aromatic heterocycles. The average molecular weight is 407 g/mol. The molecule has 0 bridgehead atoms. The van der Waals surface area contributed by atoms with Gasteiger partial charge in [0.2, 0.25) is 0 Å². The topological polar surface area (TPSA) is 89.8 Å². The number of nitro groups is 1. The highest BCUT2D eigenvalue weighted by Gasteiger charge is 2.33. The first-order valence-electron chi connectivity index (χ1n) is 8.50. The van der Waals surface area contributed by atoms with Crippen molar-refractivity contribution in [3.8, 4) is 0 Å². The second-order valence-electron chi connectivity index (χ2n) is 6.34. The van der Waals surface area contributed by atoms with E-state index in [1.807, 2.05) is 0 Å². The first-order valence-corrected chi connectivity index (χ1v) is 8.88. The zero-order chi connectivity index (χ0) is 20.3. The van der Waals surface area contributed by atoms with Gasteiger partial charge in [-0.1, -0.05) is 29.8 Å². The monoisotopic (exact) mass is 406 g/mol. The lowest BCUT2D eigenvalue weighted by atomic mass is 10.2. The average Bonchev–Trinajstić information content (AvgIpc) is 3.50. The van der Waals surface area contributed by atoms with Gasteiger partial charge in [-0.3, -0.25) is 14.9 Å². The number of carbonyl (C=O) groups excluding carboxylic acids is 2. The zero-order valence-corrected chi connectivity index (χ0v) is 15.4. The summed E-state index contributed by atoms with van der Waals surface area (Å²) in [5.74, 6) is -1.94. The van der Waals surface area contributed by atoms with Gasteiger partial charge in [-0.25, -0.2) is 9.18 Å². The summed E-state index contributed by atoms with van der Waals surface area (Å²) < 4.78 is 18.9. The van der Waals surface area contributed by atoms with E-state index in [0.717, 1.165) is 25.0 Å². The molecule has 28 heavy (non-hydrogen) atoms. The van der Waals surface area contributed by atoms with Gasteiger partial charge in [-0.15, -0.1) is 0 Å². The van der Waals surface area contributed by atoms with Crippen LogP contribution in [0.1, 0.15) is 28.8 Å². The molecule has 1 aliphatic rings. The van der Waals surface area contributed by atoms with Crippen LogP contribution in [0.15, 0.2) is 42.5 Å². The van der Waals surface area contributed by atoms with Crippen molar-refractivity contribution < 1.29 is 23.6 Å². The number of halogens is 2. The third-order valence-electron chi connectivity index (χ3n) is 4.31. The fourth-order valence-electron chi connectivity index (χ4n) is 2.74. The van der Waals surface area contributed by atoms with Crippen molar-refractivity contribution in [2.24, 2.45) is 0 Å². The highest BCUT2D eigenvalue weighted by molar-refractivity contribution is 6.31. The van der Waals surface area contributed by atoms with E-state index < -0.39 is 34.9 Å². The third-order valence-corrected chi connectivity index (χ3v) is 4.54. The predicted octanol–water partition coefficient (Wildman–Crippen LogP) is 3.74. The molecule has 0 unspecified atom stereocenters. The maximum absolute atomic E-state index is 13.9. The summed E-state index contributed by atoms with van der Waals surface area (Å²) in [6, 6.07) is 9.58. The molecule has 0 N–H and O–H groups in total. The number of hydrogen-bond donors (Lipinski definition) is 0. The van der Waals surface area contributed by atoms with Gasteiger partial charge in [0.15, 0.2) is 6.61 Å². The lowest BCUT2D eigenvalue weighted by Crippen LogP contribution is -2.36. The molecule has 0 atom stereocenters. The largest absolute Gasteiger partial charge is 0.452 e. The van der Waals surface area contributed by atoms with Crippen molar-refractivity contribution in [1.82, 2.24) is 4.90 Å². The van der Waals surface area contributed by atoms with Crippen LogP contribution in [0.3, 0.4) is 0 Å². The summed E-state index contributed by atoms with van der Waals surface area (Å²) in [7, 11) is 0. The quantitative estimate of drug-likeness (QED) is 0.397. The molecule has 146 valence electrons. The third kappa shape index (κ3) is 4.64. The van der Waals surface area contributed by atoms with Gasteiger partial charge in [-0.2, -0.15) is 0 Å². The van der Waals surface area contributed by atoms with Gasteiger partial charge in [-0.05, 0) is 31.0 Å².